The van der Waals surface area contributed by atoms with E-state index in [1.807, 2.05) is 12.5 Å². The van der Waals surface area contributed by atoms with E-state index in [1.165, 1.54) is 37.8 Å². The Labute approximate surface area is 117 Å². The number of aromatic nitrogens is 2. The van der Waals surface area contributed by atoms with E-state index < -0.39 is 0 Å². The van der Waals surface area contributed by atoms with Gasteiger partial charge in [0.2, 0.25) is 0 Å². The monoisotopic (exact) mass is 263 g/mol. The molecule has 0 saturated heterocycles. The van der Waals surface area contributed by atoms with Crippen molar-refractivity contribution >= 4 is 0 Å². The van der Waals surface area contributed by atoms with Crippen LogP contribution in [0.2, 0.25) is 0 Å². The highest BCUT2D eigenvalue weighted by molar-refractivity contribution is 5.09. The summed E-state index contributed by atoms with van der Waals surface area (Å²) in [5, 5.41) is 0. The second-order valence-corrected chi connectivity index (χ2v) is 6.90. The van der Waals surface area contributed by atoms with Crippen LogP contribution in [0.15, 0.2) is 12.5 Å². The van der Waals surface area contributed by atoms with Crippen molar-refractivity contribution in [3.63, 3.8) is 0 Å². The Balaban J connectivity index is 2.15. The first-order valence-electron chi connectivity index (χ1n) is 7.76. The fourth-order valence-electron chi connectivity index (χ4n) is 3.48. The molecule has 1 saturated carbocycles. The van der Waals surface area contributed by atoms with Crippen molar-refractivity contribution in [3.05, 3.63) is 18.2 Å². The van der Waals surface area contributed by atoms with Crippen molar-refractivity contribution in [2.24, 2.45) is 17.1 Å². The lowest BCUT2D eigenvalue weighted by Crippen LogP contribution is -2.28. The molecule has 19 heavy (non-hydrogen) atoms. The summed E-state index contributed by atoms with van der Waals surface area (Å²) < 4.78 is 2.36. The molecule has 1 fully saturated rings. The van der Waals surface area contributed by atoms with Crippen LogP contribution in [-0.4, -0.2) is 16.1 Å². The summed E-state index contributed by atoms with van der Waals surface area (Å²) >= 11 is 0. The second-order valence-electron chi connectivity index (χ2n) is 6.90. The topological polar surface area (TPSA) is 43.8 Å². The van der Waals surface area contributed by atoms with Gasteiger partial charge >= 0.3 is 0 Å². The molecule has 1 heterocycles. The van der Waals surface area contributed by atoms with Gasteiger partial charge in [-0.2, -0.15) is 0 Å². The molecule has 3 heteroatoms. The number of hydrogen-bond donors (Lipinski definition) is 1. The molecule has 1 atom stereocenters. The summed E-state index contributed by atoms with van der Waals surface area (Å²) in [7, 11) is 0. The Morgan fingerprint density at radius 3 is 2.58 bits per heavy atom. The molecule has 1 aliphatic carbocycles. The largest absolute Gasteiger partial charge is 0.334 e. The molecule has 3 nitrogen and oxygen atoms in total. The second kappa shape index (κ2) is 6.08. The van der Waals surface area contributed by atoms with Gasteiger partial charge in [-0.25, -0.2) is 4.98 Å². The number of rotatable bonds is 5. The molecule has 2 rings (SSSR count). The lowest BCUT2D eigenvalue weighted by Gasteiger charge is -2.35. The van der Waals surface area contributed by atoms with Gasteiger partial charge in [-0.15, -0.1) is 0 Å². The van der Waals surface area contributed by atoms with E-state index in [2.05, 4.69) is 30.3 Å². The Bertz CT molecular complexity index is 388. The Kier molecular flexibility index (Phi) is 4.67. The summed E-state index contributed by atoms with van der Waals surface area (Å²) in [5.41, 5.74) is 7.73. The Morgan fingerprint density at radius 1 is 1.32 bits per heavy atom. The molecule has 0 amide bonds. The third kappa shape index (κ3) is 3.38. The standard InChI is InChI=1S/C16H29N3/c1-13(2)14(9-17)15-10-18-12-19(15)11-16(3)7-5-4-6-8-16/h10,12-14H,4-9,11,17H2,1-3H3. The van der Waals surface area contributed by atoms with Crippen molar-refractivity contribution in [1.29, 1.82) is 0 Å². The molecule has 1 aromatic rings. The molecular weight excluding hydrogens is 234 g/mol. The van der Waals surface area contributed by atoms with E-state index in [1.54, 1.807) is 0 Å². The minimum absolute atomic E-state index is 0.426. The molecule has 0 aromatic carbocycles. The molecule has 0 aliphatic heterocycles. The summed E-state index contributed by atoms with van der Waals surface area (Å²) in [5.74, 6) is 0.995. The maximum atomic E-state index is 5.96. The first kappa shape index (κ1) is 14.6. The van der Waals surface area contributed by atoms with Crippen LogP contribution < -0.4 is 5.73 Å². The van der Waals surface area contributed by atoms with Crippen LogP contribution in [0.25, 0.3) is 0 Å². The highest BCUT2D eigenvalue weighted by atomic mass is 15.1. The summed E-state index contributed by atoms with van der Waals surface area (Å²) in [4.78, 5) is 4.38. The fourth-order valence-corrected chi connectivity index (χ4v) is 3.48. The van der Waals surface area contributed by atoms with Crippen molar-refractivity contribution in [3.8, 4) is 0 Å². The maximum absolute atomic E-state index is 5.96. The van der Waals surface area contributed by atoms with Crippen molar-refractivity contribution < 1.29 is 0 Å². The number of nitrogens with zero attached hydrogens (tertiary/aromatic N) is 2. The summed E-state index contributed by atoms with van der Waals surface area (Å²) in [6.07, 6.45) is 10.9. The predicted molar refractivity (Wildman–Crippen MR) is 80.1 cm³/mol. The van der Waals surface area contributed by atoms with Crippen LogP contribution in [0.3, 0.4) is 0 Å². The van der Waals surface area contributed by atoms with Gasteiger partial charge in [-0.05, 0) is 24.2 Å². The third-order valence-electron chi connectivity index (χ3n) is 4.80. The first-order chi connectivity index (χ1) is 9.06. The molecule has 0 spiro atoms. The highest BCUT2D eigenvalue weighted by Crippen LogP contribution is 2.38. The van der Waals surface area contributed by atoms with Gasteiger partial charge in [-0.3, -0.25) is 0 Å². The molecular formula is C16H29N3. The zero-order chi connectivity index (χ0) is 13.9. The van der Waals surface area contributed by atoms with E-state index in [-0.39, 0.29) is 0 Å². The molecule has 0 bridgehead atoms. The van der Waals surface area contributed by atoms with Crippen LogP contribution in [-0.2, 0) is 6.54 Å². The zero-order valence-corrected chi connectivity index (χ0v) is 12.7. The van der Waals surface area contributed by atoms with Crippen molar-refractivity contribution in [1.82, 2.24) is 9.55 Å². The van der Waals surface area contributed by atoms with Gasteiger partial charge in [0.15, 0.2) is 0 Å². The van der Waals surface area contributed by atoms with E-state index >= 15 is 0 Å². The van der Waals surface area contributed by atoms with Gasteiger partial charge in [0.25, 0.3) is 0 Å². The quantitative estimate of drug-likeness (QED) is 0.883. The summed E-state index contributed by atoms with van der Waals surface area (Å²) in [6, 6.07) is 0. The van der Waals surface area contributed by atoms with Crippen LogP contribution >= 0.6 is 0 Å². The smallest absolute Gasteiger partial charge is 0.0948 e. The zero-order valence-electron chi connectivity index (χ0n) is 12.7. The van der Waals surface area contributed by atoms with E-state index in [4.69, 9.17) is 5.73 Å². The van der Waals surface area contributed by atoms with Crippen molar-refractivity contribution in [2.45, 2.75) is 65.3 Å². The van der Waals surface area contributed by atoms with Gasteiger partial charge in [-0.1, -0.05) is 40.0 Å². The lowest BCUT2D eigenvalue weighted by atomic mass is 9.75. The normalized spacial score (nSPS) is 20.7. The lowest BCUT2D eigenvalue weighted by molar-refractivity contribution is 0.180. The Morgan fingerprint density at radius 2 is 2.00 bits per heavy atom. The third-order valence-corrected chi connectivity index (χ3v) is 4.80. The first-order valence-corrected chi connectivity index (χ1v) is 7.76. The van der Waals surface area contributed by atoms with Crippen LogP contribution in [0.5, 0.6) is 0 Å². The van der Waals surface area contributed by atoms with Crippen LogP contribution in [0.1, 0.15) is 64.5 Å². The Hall–Kier alpha value is -0.830. The number of imidazole rings is 1. The molecule has 2 N–H and O–H groups in total. The number of nitrogens with two attached hydrogens (primary N) is 1. The van der Waals surface area contributed by atoms with E-state index in [0.29, 0.717) is 23.8 Å². The van der Waals surface area contributed by atoms with Gasteiger partial charge in [0.05, 0.1) is 6.33 Å². The van der Waals surface area contributed by atoms with Crippen LogP contribution in [0.4, 0.5) is 0 Å². The average molecular weight is 263 g/mol. The molecule has 1 aliphatic rings. The van der Waals surface area contributed by atoms with Crippen molar-refractivity contribution in [2.75, 3.05) is 6.54 Å². The minimum atomic E-state index is 0.426. The van der Waals surface area contributed by atoms with Gasteiger partial charge in [0.1, 0.15) is 0 Å². The minimum Gasteiger partial charge on any atom is -0.334 e. The summed E-state index contributed by atoms with van der Waals surface area (Å²) in [6.45, 7) is 8.74. The molecule has 108 valence electrons. The highest BCUT2D eigenvalue weighted by Gasteiger charge is 2.29. The van der Waals surface area contributed by atoms with Gasteiger partial charge in [0, 0.05) is 30.9 Å². The predicted octanol–water partition coefficient (Wildman–Crippen LogP) is 3.55. The maximum Gasteiger partial charge on any atom is 0.0948 e. The number of hydrogen-bond acceptors (Lipinski definition) is 2. The SMILES string of the molecule is CC(C)C(CN)c1cncn1CC1(C)CCCCC1. The fraction of sp³-hybridized carbons (Fsp3) is 0.812. The molecule has 1 unspecified atom stereocenters. The molecule has 1 aromatic heterocycles. The van der Waals surface area contributed by atoms with E-state index in [9.17, 15) is 0 Å². The molecule has 0 radical (unpaired) electrons. The van der Waals surface area contributed by atoms with Gasteiger partial charge < -0.3 is 10.3 Å². The average Bonchev–Trinajstić information content (AvgIpc) is 2.78. The van der Waals surface area contributed by atoms with E-state index in [0.717, 1.165) is 6.54 Å². The van der Waals surface area contributed by atoms with Crippen LogP contribution in [0, 0.1) is 11.3 Å².